The molecule has 0 atom stereocenters. The number of aryl methyl sites for hydroxylation is 2. The largest absolute Gasteiger partial charge is 0.429 e. The molecule has 0 aliphatic heterocycles. The number of hydrogen-bond acceptors (Lipinski definition) is 7. The SMILES string of the molecule is O=[N+]([O-])c1ncccc1Oc1nc(C2CC2)nc2sc3c(c12)CCCC3. The molecular weight excluding hydrogens is 352 g/mol. The van der Waals surface area contributed by atoms with Crippen LogP contribution in [0, 0.1) is 10.1 Å². The lowest BCUT2D eigenvalue weighted by Crippen LogP contribution is -2.02. The first-order valence-electron chi connectivity index (χ1n) is 8.80. The van der Waals surface area contributed by atoms with Gasteiger partial charge < -0.3 is 14.9 Å². The van der Waals surface area contributed by atoms with E-state index in [4.69, 9.17) is 9.72 Å². The van der Waals surface area contributed by atoms with E-state index in [1.165, 1.54) is 23.1 Å². The number of pyridine rings is 1. The predicted molar refractivity (Wildman–Crippen MR) is 97.0 cm³/mol. The van der Waals surface area contributed by atoms with Crippen LogP contribution >= 0.6 is 11.3 Å². The number of fused-ring (bicyclic) bond motifs is 3. The second-order valence-corrected chi connectivity index (χ2v) is 7.82. The van der Waals surface area contributed by atoms with Crippen molar-refractivity contribution in [2.45, 2.75) is 44.4 Å². The third kappa shape index (κ3) is 2.61. The number of nitrogens with zero attached hydrogens (tertiary/aromatic N) is 4. The highest BCUT2D eigenvalue weighted by atomic mass is 32.1. The minimum Gasteiger partial charge on any atom is -0.429 e. The zero-order valence-corrected chi connectivity index (χ0v) is 14.8. The van der Waals surface area contributed by atoms with Crippen molar-refractivity contribution in [2.75, 3.05) is 0 Å². The average Bonchev–Trinajstić information content (AvgIpc) is 3.42. The van der Waals surface area contributed by atoms with Crippen LogP contribution in [0.1, 0.15) is 47.9 Å². The maximum atomic E-state index is 11.3. The van der Waals surface area contributed by atoms with E-state index in [-0.39, 0.29) is 11.6 Å². The zero-order chi connectivity index (χ0) is 17.7. The van der Waals surface area contributed by atoms with Crippen LogP contribution in [0.2, 0.25) is 0 Å². The molecular formula is C18H16N4O3S. The predicted octanol–water partition coefficient (Wildman–Crippen LogP) is 4.54. The van der Waals surface area contributed by atoms with Gasteiger partial charge in [-0.3, -0.25) is 0 Å². The van der Waals surface area contributed by atoms with Gasteiger partial charge in [0, 0.05) is 10.8 Å². The minimum absolute atomic E-state index is 0.120. The Kier molecular flexibility index (Phi) is 3.59. The van der Waals surface area contributed by atoms with E-state index >= 15 is 0 Å². The molecule has 5 rings (SSSR count). The molecule has 0 radical (unpaired) electrons. The highest BCUT2D eigenvalue weighted by Gasteiger charge is 2.30. The first-order chi connectivity index (χ1) is 12.7. The fourth-order valence-electron chi connectivity index (χ4n) is 3.44. The molecule has 2 aliphatic carbocycles. The van der Waals surface area contributed by atoms with Crippen LogP contribution in [-0.2, 0) is 12.8 Å². The van der Waals surface area contributed by atoms with Crippen molar-refractivity contribution < 1.29 is 9.66 Å². The molecule has 8 heteroatoms. The molecule has 0 saturated heterocycles. The van der Waals surface area contributed by atoms with Gasteiger partial charge in [-0.1, -0.05) is 0 Å². The van der Waals surface area contributed by atoms with Crippen LogP contribution in [0.5, 0.6) is 11.6 Å². The van der Waals surface area contributed by atoms with E-state index in [0.29, 0.717) is 11.8 Å². The lowest BCUT2D eigenvalue weighted by Gasteiger charge is -2.12. The normalized spacial score (nSPS) is 16.5. The van der Waals surface area contributed by atoms with Crippen LogP contribution in [0.25, 0.3) is 10.2 Å². The summed E-state index contributed by atoms with van der Waals surface area (Å²) in [4.78, 5) is 26.3. The van der Waals surface area contributed by atoms with E-state index in [0.717, 1.165) is 48.1 Å². The van der Waals surface area contributed by atoms with Gasteiger partial charge in [-0.05, 0) is 66.1 Å². The smallest absolute Gasteiger partial charge is 0.406 e. The van der Waals surface area contributed by atoms with E-state index in [1.54, 1.807) is 23.5 Å². The number of thiophene rings is 1. The summed E-state index contributed by atoms with van der Waals surface area (Å²) < 4.78 is 5.98. The Morgan fingerprint density at radius 1 is 1.23 bits per heavy atom. The van der Waals surface area contributed by atoms with Crippen LogP contribution in [0.4, 0.5) is 5.82 Å². The summed E-state index contributed by atoms with van der Waals surface area (Å²) in [6, 6.07) is 3.19. The van der Waals surface area contributed by atoms with Gasteiger partial charge in [0.2, 0.25) is 11.6 Å². The van der Waals surface area contributed by atoms with Crippen molar-refractivity contribution in [3.63, 3.8) is 0 Å². The molecule has 0 aromatic carbocycles. The highest BCUT2D eigenvalue weighted by molar-refractivity contribution is 7.18. The summed E-state index contributed by atoms with van der Waals surface area (Å²) in [5.41, 5.74) is 1.25. The van der Waals surface area contributed by atoms with Gasteiger partial charge in [-0.2, -0.15) is 4.98 Å². The number of nitro groups is 1. The molecule has 0 unspecified atom stereocenters. The lowest BCUT2D eigenvalue weighted by molar-refractivity contribution is -0.390. The van der Waals surface area contributed by atoms with Crippen molar-refractivity contribution in [3.05, 3.63) is 44.7 Å². The molecule has 26 heavy (non-hydrogen) atoms. The molecule has 0 N–H and O–H groups in total. The maximum Gasteiger partial charge on any atom is 0.406 e. The number of ether oxygens (including phenoxy) is 1. The van der Waals surface area contributed by atoms with Gasteiger partial charge in [0.1, 0.15) is 16.9 Å². The second kappa shape index (κ2) is 5.98. The fourth-order valence-corrected chi connectivity index (χ4v) is 4.70. The molecule has 1 fully saturated rings. The molecule has 0 spiro atoms. The Balaban J connectivity index is 1.68. The van der Waals surface area contributed by atoms with E-state index in [9.17, 15) is 10.1 Å². The molecule has 2 aliphatic rings. The number of aromatic nitrogens is 3. The van der Waals surface area contributed by atoms with E-state index in [1.807, 2.05) is 0 Å². The summed E-state index contributed by atoms with van der Waals surface area (Å²) in [6.45, 7) is 0. The maximum absolute atomic E-state index is 11.3. The number of hydrogen-bond donors (Lipinski definition) is 0. The summed E-state index contributed by atoms with van der Waals surface area (Å²) in [6.07, 6.45) is 7.92. The topological polar surface area (TPSA) is 91.0 Å². The first-order valence-corrected chi connectivity index (χ1v) is 9.62. The monoisotopic (exact) mass is 368 g/mol. The molecule has 0 bridgehead atoms. The van der Waals surface area contributed by atoms with Gasteiger partial charge in [-0.25, -0.2) is 4.98 Å². The molecule has 1 saturated carbocycles. The van der Waals surface area contributed by atoms with E-state index in [2.05, 4.69) is 9.97 Å². The van der Waals surface area contributed by atoms with Gasteiger partial charge in [-0.15, -0.1) is 11.3 Å². The fraction of sp³-hybridized carbons (Fsp3) is 0.389. The van der Waals surface area contributed by atoms with Crippen LogP contribution in [0.15, 0.2) is 18.3 Å². The van der Waals surface area contributed by atoms with Crippen LogP contribution < -0.4 is 4.74 Å². The quantitative estimate of drug-likeness (QED) is 0.496. The van der Waals surface area contributed by atoms with Gasteiger partial charge >= 0.3 is 5.82 Å². The lowest BCUT2D eigenvalue weighted by atomic mass is 9.97. The van der Waals surface area contributed by atoms with Gasteiger partial charge in [0.25, 0.3) is 0 Å². The first kappa shape index (κ1) is 15.6. The minimum atomic E-state index is -0.529. The Labute approximate surface area is 153 Å². The Hall–Kier alpha value is -2.61. The Morgan fingerprint density at radius 3 is 2.88 bits per heavy atom. The summed E-state index contributed by atoms with van der Waals surface area (Å²) in [5, 5.41) is 12.2. The van der Waals surface area contributed by atoms with Crippen molar-refractivity contribution in [1.29, 1.82) is 0 Å². The van der Waals surface area contributed by atoms with Crippen molar-refractivity contribution in [1.82, 2.24) is 15.0 Å². The van der Waals surface area contributed by atoms with Gasteiger partial charge in [0.15, 0.2) is 0 Å². The zero-order valence-electron chi connectivity index (χ0n) is 14.0. The van der Waals surface area contributed by atoms with Crippen molar-refractivity contribution >= 4 is 27.4 Å². The molecule has 0 amide bonds. The summed E-state index contributed by atoms with van der Waals surface area (Å²) >= 11 is 1.71. The van der Waals surface area contributed by atoms with E-state index < -0.39 is 4.92 Å². The molecule has 7 nitrogen and oxygen atoms in total. The highest BCUT2D eigenvalue weighted by Crippen LogP contribution is 2.45. The molecule has 132 valence electrons. The molecule has 3 heterocycles. The Morgan fingerprint density at radius 2 is 2.08 bits per heavy atom. The second-order valence-electron chi connectivity index (χ2n) is 6.74. The molecule has 3 aromatic rings. The summed E-state index contributed by atoms with van der Waals surface area (Å²) in [5.74, 6) is 1.43. The number of rotatable bonds is 4. The Bertz CT molecular complexity index is 1030. The third-order valence-corrected chi connectivity index (χ3v) is 6.06. The van der Waals surface area contributed by atoms with Crippen molar-refractivity contribution in [2.24, 2.45) is 0 Å². The molecule has 3 aromatic heterocycles. The average molecular weight is 368 g/mol. The van der Waals surface area contributed by atoms with Crippen LogP contribution in [-0.4, -0.2) is 19.9 Å². The van der Waals surface area contributed by atoms with Crippen molar-refractivity contribution in [3.8, 4) is 11.6 Å². The summed E-state index contributed by atoms with van der Waals surface area (Å²) in [7, 11) is 0. The van der Waals surface area contributed by atoms with Gasteiger partial charge in [0.05, 0.1) is 5.39 Å². The standard InChI is InChI=1S/C18H16N4O3S/c23-22(24)16-12(5-3-9-19-16)25-17-14-11-4-1-2-6-13(11)26-18(14)21-15(20-17)10-7-8-10/h3,5,9-10H,1-2,4,6-8H2. The third-order valence-electron chi connectivity index (χ3n) is 4.87. The van der Waals surface area contributed by atoms with Crippen LogP contribution in [0.3, 0.4) is 0 Å².